The number of rotatable bonds is 7. The lowest BCUT2D eigenvalue weighted by Gasteiger charge is -2.12. The van der Waals surface area contributed by atoms with Crippen molar-refractivity contribution in [2.45, 2.75) is 6.42 Å². The van der Waals surface area contributed by atoms with E-state index in [1.54, 1.807) is 37.4 Å². The molecule has 23 heavy (non-hydrogen) atoms. The van der Waals surface area contributed by atoms with Gasteiger partial charge >= 0.3 is 0 Å². The quantitative estimate of drug-likeness (QED) is 0.822. The zero-order chi connectivity index (χ0) is 16.7. The van der Waals surface area contributed by atoms with Crippen LogP contribution in [0.25, 0.3) is 0 Å². The average Bonchev–Trinajstić information content (AvgIpc) is 2.55. The molecule has 122 valence electrons. The maximum Gasteiger partial charge on any atom is 0.226 e. The van der Waals surface area contributed by atoms with Crippen molar-refractivity contribution in [1.82, 2.24) is 0 Å². The van der Waals surface area contributed by atoms with Gasteiger partial charge in [-0.15, -0.1) is 0 Å². The minimum Gasteiger partial charge on any atom is -0.497 e. The molecule has 0 heterocycles. The number of carbonyl (C=O) groups excluding carboxylic acids is 1. The predicted molar refractivity (Wildman–Crippen MR) is 87.7 cm³/mol. The molecule has 6 heteroatoms. The van der Waals surface area contributed by atoms with Crippen molar-refractivity contribution in [3.8, 4) is 11.5 Å². The number of anilines is 2. The SMILES string of the molecule is COc1ccc(NC(=O)CCNc2cccc(F)c2)c(OC)c1. The predicted octanol–water partition coefficient (Wildman–Crippen LogP) is 3.28. The highest BCUT2D eigenvalue weighted by molar-refractivity contribution is 5.92. The third-order valence-electron chi connectivity index (χ3n) is 3.19. The summed E-state index contributed by atoms with van der Waals surface area (Å²) in [6.07, 6.45) is 0.242. The van der Waals surface area contributed by atoms with Crippen molar-refractivity contribution in [3.63, 3.8) is 0 Å². The molecule has 0 atom stereocenters. The Hall–Kier alpha value is -2.76. The molecular weight excluding hydrogens is 299 g/mol. The van der Waals surface area contributed by atoms with Crippen LogP contribution in [0.2, 0.25) is 0 Å². The Morgan fingerprint density at radius 2 is 1.96 bits per heavy atom. The van der Waals surface area contributed by atoms with Crippen LogP contribution in [0.1, 0.15) is 6.42 Å². The maximum atomic E-state index is 13.0. The Balaban J connectivity index is 1.87. The first-order chi connectivity index (χ1) is 11.1. The first kappa shape index (κ1) is 16.6. The van der Waals surface area contributed by atoms with E-state index < -0.39 is 0 Å². The lowest BCUT2D eigenvalue weighted by atomic mass is 10.2. The topological polar surface area (TPSA) is 59.6 Å². The van der Waals surface area contributed by atoms with Crippen LogP contribution in [0.15, 0.2) is 42.5 Å². The molecule has 0 aliphatic heterocycles. The largest absolute Gasteiger partial charge is 0.497 e. The van der Waals surface area contributed by atoms with Gasteiger partial charge in [-0.2, -0.15) is 0 Å². The molecule has 0 aromatic heterocycles. The summed E-state index contributed by atoms with van der Waals surface area (Å²) in [7, 11) is 3.08. The summed E-state index contributed by atoms with van der Waals surface area (Å²) < 4.78 is 23.4. The van der Waals surface area contributed by atoms with E-state index in [1.807, 2.05) is 0 Å². The third kappa shape index (κ3) is 4.88. The molecule has 0 radical (unpaired) electrons. The van der Waals surface area contributed by atoms with Crippen LogP contribution in [0.5, 0.6) is 11.5 Å². The number of methoxy groups -OCH3 is 2. The summed E-state index contributed by atoms with van der Waals surface area (Å²) >= 11 is 0. The van der Waals surface area contributed by atoms with Crippen LogP contribution in [0.3, 0.4) is 0 Å². The normalized spacial score (nSPS) is 10.0. The van der Waals surface area contributed by atoms with E-state index in [9.17, 15) is 9.18 Å². The van der Waals surface area contributed by atoms with Gasteiger partial charge in [0, 0.05) is 24.7 Å². The fourth-order valence-electron chi connectivity index (χ4n) is 2.03. The van der Waals surface area contributed by atoms with Crippen LogP contribution in [0, 0.1) is 5.82 Å². The summed E-state index contributed by atoms with van der Waals surface area (Å²) in [6, 6.07) is 11.3. The Bertz CT molecular complexity index is 677. The van der Waals surface area contributed by atoms with E-state index >= 15 is 0 Å². The number of nitrogens with one attached hydrogen (secondary N) is 2. The van der Waals surface area contributed by atoms with Gasteiger partial charge < -0.3 is 20.1 Å². The van der Waals surface area contributed by atoms with Crippen LogP contribution in [0.4, 0.5) is 15.8 Å². The van der Waals surface area contributed by atoms with Crippen molar-refractivity contribution in [1.29, 1.82) is 0 Å². The number of benzene rings is 2. The van der Waals surface area contributed by atoms with Crippen molar-refractivity contribution >= 4 is 17.3 Å². The van der Waals surface area contributed by atoms with Gasteiger partial charge in [0.1, 0.15) is 17.3 Å². The second-order valence-electron chi connectivity index (χ2n) is 4.80. The molecule has 0 aliphatic carbocycles. The van der Waals surface area contributed by atoms with Gasteiger partial charge in [0.05, 0.1) is 19.9 Å². The van der Waals surface area contributed by atoms with Gasteiger partial charge in [0.15, 0.2) is 0 Å². The Morgan fingerprint density at radius 1 is 1.13 bits per heavy atom. The number of amides is 1. The molecule has 2 aromatic carbocycles. The summed E-state index contributed by atoms with van der Waals surface area (Å²) in [6.45, 7) is 0.397. The molecule has 0 aliphatic rings. The molecule has 1 amide bonds. The lowest BCUT2D eigenvalue weighted by molar-refractivity contribution is -0.116. The van der Waals surface area contributed by atoms with Crippen LogP contribution in [-0.4, -0.2) is 26.7 Å². The summed E-state index contributed by atoms with van der Waals surface area (Å²) in [5.41, 5.74) is 1.21. The highest BCUT2D eigenvalue weighted by Gasteiger charge is 2.08. The van der Waals surface area contributed by atoms with Gasteiger partial charge in [-0.3, -0.25) is 4.79 Å². The second-order valence-corrected chi connectivity index (χ2v) is 4.80. The monoisotopic (exact) mass is 318 g/mol. The number of hydrogen-bond acceptors (Lipinski definition) is 4. The Morgan fingerprint density at radius 3 is 2.65 bits per heavy atom. The molecule has 0 unspecified atom stereocenters. The highest BCUT2D eigenvalue weighted by Crippen LogP contribution is 2.29. The van der Waals surface area contributed by atoms with Gasteiger partial charge in [-0.25, -0.2) is 4.39 Å². The summed E-state index contributed by atoms with van der Waals surface area (Å²) in [5.74, 6) is 0.684. The van der Waals surface area contributed by atoms with E-state index in [2.05, 4.69) is 10.6 Å². The fraction of sp³-hybridized carbons (Fsp3) is 0.235. The first-order valence-electron chi connectivity index (χ1n) is 7.13. The third-order valence-corrected chi connectivity index (χ3v) is 3.19. The standard InChI is InChI=1S/C17H19FN2O3/c1-22-14-6-7-15(16(11-14)23-2)20-17(21)8-9-19-13-5-3-4-12(18)10-13/h3-7,10-11,19H,8-9H2,1-2H3,(H,20,21). The molecule has 0 saturated carbocycles. The van der Waals surface area contributed by atoms with E-state index in [0.29, 0.717) is 29.4 Å². The number of halogens is 1. The van der Waals surface area contributed by atoms with Crippen LogP contribution < -0.4 is 20.1 Å². The van der Waals surface area contributed by atoms with Crippen molar-refractivity contribution in [3.05, 3.63) is 48.3 Å². The molecule has 5 nitrogen and oxygen atoms in total. The van der Waals surface area contributed by atoms with E-state index in [4.69, 9.17) is 9.47 Å². The van der Waals surface area contributed by atoms with Gasteiger partial charge in [0.2, 0.25) is 5.91 Å². The van der Waals surface area contributed by atoms with Crippen molar-refractivity contribution in [2.24, 2.45) is 0 Å². The molecule has 0 saturated heterocycles. The molecule has 2 rings (SSSR count). The minimum atomic E-state index is -0.317. The Labute approximate surface area is 134 Å². The van der Waals surface area contributed by atoms with Crippen LogP contribution in [-0.2, 0) is 4.79 Å². The molecule has 0 fully saturated rings. The molecule has 2 N–H and O–H groups in total. The van der Waals surface area contributed by atoms with Crippen LogP contribution >= 0.6 is 0 Å². The van der Waals surface area contributed by atoms with E-state index in [-0.39, 0.29) is 18.1 Å². The average molecular weight is 318 g/mol. The molecule has 0 bridgehead atoms. The summed E-state index contributed by atoms with van der Waals surface area (Å²) in [4.78, 5) is 12.0. The minimum absolute atomic E-state index is 0.169. The number of ether oxygens (including phenoxy) is 2. The van der Waals surface area contributed by atoms with Gasteiger partial charge in [0.25, 0.3) is 0 Å². The van der Waals surface area contributed by atoms with Gasteiger partial charge in [-0.1, -0.05) is 6.07 Å². The second kappa shape index (κ2) is 8.03. The number of carbonyl (C=O) groups is 1. The zero-order valence-electron chi connectivity index (χ0n) is 13.1. The Kier molecular flexibility index (Phi) is 5.80. The van der Waals surface area contributed by atoms with Gasteiger partial charge in [-0.05, 0) is 30.3 Å². The van der Waals surface area contributed by atoms with E-state index in [1.165, 1.54) is 19.2 Å². The zero-order valence-corrected chi connectivity index (χ0v) is 13.1. The van der Waals surface area contributed by atoms with Crippen molar-refractivity contribution in [2.75, 3.05) is 31.4 Å². The highest BCUT2D eigenvalue weighted by atomic mass is 19.1. The van der Waals surface area contributed by atoms with E-state index in [0.717, 1.165) is 0 Å². The molecular formula is C17H19FN2O3. The first-order valence-corrected chi connectivity index (χ1v) is 7.13. The fourth-order valence-corrected chi connectivity index (χ4v) is 2.03. The molecule has 2 aromatic rings. The smallest absolute Gasteiger partial charge is 0.226 e. The lowest BCUT2D eigenvalue weighted by Crippen LogP contribution is -2.16. The summed E-state index contributed by atoms with van der Waals surface area (Å²) in [5, 5.41) is 5.77. The maximum absolute atomic E-state index is 13.0. The van der Waals surface area contributed by atoms with Crippen molar-refractivity contribution < 1.29 is 18.7 Å². The number of hydrogen-bond donors (Lipinski definition) is 2. The molecule has 0 spiro atoms.